The minimum Gasteiger partial charge on any atom is -0.370 e. The summed E-state index contributed by atoms with van der Waals surface area (Å²) in [5.41, 5.74) is 8.10. The highest BCUT2D eigenvalue weighted by Crippen LogP contribution is 2.30. The molecule has 3 N–H and O–H groups in total. The van der Waals surface area contributed by atoms with Gasteiger partial charge < -0.3 is 16.0 Å². The Morgan fingerprint density at radius 1 is 1.12 bits per heavy atom. The van der Waals surface area contributed by atoms with Crippen LogP contribution in [0.5, 0.6) is 0 Å². The number of nitrogens with two attached hydrogens (primary N) is 1. The SMILES string of the molecule is NC(=O)c1ccc(N2CCCCC2)c(NC(=O)CSc2nncn2-c2cccc(Cl)c2)c1. The molecule has 1 aliphatic rings. The summed E-state index contributed by atoms with van der Waals surface area (Å²) < 4.78 is 1.77. The summed E-state index contributed by atoms with van der Waals surface area (Å²) in [5, 5.41) is 12.2. The number of anilines is 2. The second-order valence-corrected chi connectivity index (χ2v) is 8.82. The number of hydrogen-bond acceptors (Lipinski definition) is 6. The van der Waals surface area contributed by atoms with E-state index in [2.05, 4.69) is 20.4 Å². The lowest BCUT2D eigenvalue weighted by atomic mass is 10.1. The average molecular weight is 471 g/mol. The third-order valence-corrected chi connectivity index (χ3v) is 6.37. The molecule has 0 saturated carbocycles. The Hall–Kier alpha value is -3.04. The third-order valence-electron chi connectivity index (χ3n) is 5.19. The number of carbonyl (C=O) groups excluding carboxylic acids is 2. The largest absolute Gasteiger partial charge is 0.370 e. The van der Waals surface area contributed by atoms with Crippen molar-refractivity contribution in [3.05, 3.63) is 59.4 Å². The van der Waals surface area contributed by atoms with Crippen LogP contribution in [-0.4, -0.2) is 45.4 Å². The van der Waals surface area contributed by atoms with Crippen LogP contribution in [0.25, 0.3) is 5.69 Å². The minimum atomic E-state index is -0.533. The van der Waals surface area contributed by atoms with E-state index < -0.39 is 5.91 Å². The first-order valence-corrected chi connectivity index (χ1v) is 11.6. The lowest BCUT2D eigenvalue weighted by Gasteiger charge is -2.30. The summed E-state index contributed by atoms with van der Waals surface area (Å²) in [4.78, 5) is 26.7. The quantitative estimate of drug-likeness (QED) is 0.509. The van der Waals surface area contributed by atoms with Crippen LogP contribution in [0.4, 0.5) is 11.4 Å². The molecule has 1 aromatic heterocycles. The highest BCUT2D eigenvalue weighted by Gasteiger charge is 2.18. The van der Waals surface area contributed by atoms with Gasteiger partial charge in [-0.25, -0.2) is 0 Å². The molecule has 0 aliphatic carbocycles. The second kappa shape index (κ2) is 10.1. The smallest absolute Gasteiger partial charge is 0.248 e. The van der Waals surface area contributed by atoms with Gasteiger partial charge in [0.05, 0.1) is 22.8 Å². The summed E-state index contributed by atoms with van der Waals surface area (Å²) in [7, 11) is 0. The van der Waals surface area contributed by atoms with E-state index in [1.165, 1.54) is 18.2 Å². The molecule has 0 spiro atoms. The molecule has 0 radical (unpaired) electrons. The van der Waals surface area contributed by atoms with E-state index in [0.29, 0.717) is 21.4 Å². The van der Waals surface area contributed by atoms with E-state index in [1.807, 2.05) is 18.2 Å². The molecule has 2 aromatic carbocycles. The summed E-state index contributed by atoms with van der Waals surface area (Å²) in [5.74, 6) is -0.621. The average Bonchev–Trinajstić information content (AvgIpc) is 3.27. The maximum absolute atomic E-state index is 12.8. The highest BCUT2D eigenvalue weighted by molar-refractivity contribution is 7.99. The molecule has 1 fully saturated rings. The van der Waals surface area contributed by atoms with Crippen LogP contribution in [0, 0.1) is 0 Å². The van der Waals surface area contributed by atoms with Crippen LogP contribution in [0.2, 0.25) is 5.02 Å². The van der Waals surface area contributed by atoms with Gasteiger partial charge in [-0.3, -0.25) is 14.2 Å². The molecule has 3 aromatic rings. The van der Waals surface area contributed by atoms with Crippen molar-refractivity contribution in [2.24, 2.45) is 5.73 Å². The molecule has 2 heterocycles. The maximum Gasteiger partial charge on any atom is 0.248 e. The van der Waals surface area contributed by atoms with Gasteiger partial charge in [0.2, 0.25) is 11.8 Å². The lowest BCUT2D eigenvalue weighted by molar-refractivity contribution is -0.113. The van der Waals surface area contributed by atoms with Crippen LogP contribution in [0.3, 0.4) is 0 Å². The molecule has 10 heteroatoms. The fourth-order valence-corrected chi connectivity index (χ4v) is 4.56. The number of nitrogens with zero attached hydrogens (tertiary/aromatic N) is 4. The van der Waals surface area contributed by atoms with Gasteiger partial charge in [-0.05, 0) is 55.7 Å². The highest BCUT2D eigenvalue weighted by atomic mass is 35.5. The molecule has 0 atom stereocenters. The van der Waals surface area contributed by atoms with E-state index >= 15 is 0 Å². The molecule has 4 rings (SSSR count). The van der Waals surface area contributed by atoms with E-state index in [0.717, 1.165) is 37.3 Å². The maximum atomic E-state index is 12.8. The van der Waals surface area contributed by atoms with Crippen molar-refractivity contribution in [3.8, 4) is 5.69 Å². The van der Waals surface area contributed by atoms with Gasteiger partial charge in [0.15, 0.2) is 5.16 Å². The number of nitrogens with one attached hydrogen (secondary N) is 1. The van der Waals surface area contributed by atoms with Crippen molar-refractivity contribution in [1.82, 2.24) is 14.8 Å². The second-order valence-electron chi connectivity index (χ2n) is 7.44. The Balaban J connectivity index is 1.48. The first kappa shape index (κ1) is 22.2. The summed E-state index contributed by atoms with van der Waals surface area (Å²) in [6.07, 6.45) is 4.97. The fraction of sp³-hybridized carbons (Fsp3) is 0.273. The van der Waals surface area contributed by atoms with Gasteiger partial charge in [-0.2, -0.15) is 0 Å². The Bertz CT molecular complexity index is 1130. The molecule has 166 valence electrons. The molecule has 1 saturated heterocycles. The van der Waals surface area contributed by atoms with Gasteiger partial charge in [0, 0.05) is 23.7 Å². The molecular formula is C22H23ClN6O2S. The number of rotatable bonds is 7. The zero-order valence-corrected chi connectivity index (χ0v) is 18.9. The zero-order valence-electron chi connectivity index (χ0n) is 17.3. The molecule has 32 heavy (non-hydrogen) atoms. The topological polar surface area (TPSA) is 106 Å². The Kier molecular flexibility index (Phi) is 6.96. The Morgan fingerprint density at radius 2 is 1.94 bits per heavy atom. The summed E-state index contributed by atoms with van der Waals surface area (Å²) in [6.45, 7) is 1.83. The van der Waals surface area contributed by atoms with Gasteiger partial charge in [-0.15, -0.1) is 10.2 Å². The van der Waals surface area contributed by atoms with Gasteiger partial charge in [0.1, 0.15) is 6.33 Å². The monoisotopic (exact) mass is 470 g/mol. The van der Waals surface area contributed by atoms with Gasteiger partial charge in [0.25, 0.3) is 0 Å². The van der Waals surface area contributed by atoms with Gasteiger partial charge >= 0.3 is 0 Å². The predicted molar refractivity (Wildman–Crippen MR) is 127 cm³/mol. The fourth-order valence-electron chi connectivity index (χ4n) is 3.64. The van der Waals surface area contributed by atoms with Crippen molar-refractivity contribution in [2.75, 3.05) is 29.1 Å². The van der Waals surface area contributed by atoms with Crippen molar-refractivity contribution in [2.45, 2.75) is 24.4 Å². The Morgan fingerprint density at radius 3 is 2.69 bits per heavy atom. The number of halogens is 1. The minimum absolute atomic E-state index is 0.125. The first-order valence-electron chi connectivity index (χ1n) is 10.3. The summed E-state index contributed by atoms with van der Waals surface area (Å²) >= 11 is 7.35. The molecular weight excluding hydrogens is 448 g/mol. The molecule has 8 nitrogen and oxygen atoms in total. The number of carbonyl (C=O) groups is 2. The lowest BCUT2D eigenvalue weighted by Crippen LogP contribution is -2.30. The first-order chi connectivity index (χ1) is 15.5. The zero-order chi connectivity index (χ0) is 22.5. The standard InChI is InChI=1S/C22H23ClN6O2S/c23-16-5-4-6-17(12-16)29-14-25-27-22(29)32-13-20(30)26-18-11-15(21(24)31)7-8-19(18)28-9-2-1-3-10-28/h4-8,11-12,14H,1-3,9-10,13H2,(H2,24,31)(H,26,30). The van der Waals surface area contributed by atoms with E-state index in [4.69, 9.17) is 17.3 Å². The summed E-state index contributed by atoms with van der Waals surface area (Å²) in [6, 6.07) is 12.5. The van der Waals surface area contributed by atoms with Crippen LogP contribution < -0.4 is 16.0 Å². The molecule has 2 amide bonds. The van der Waals surface area contributed by atoms with Crippen molar-refractivity contribution < 1.29 is 9.59 Å². The van der Waals surface area contributed by atoms with Crippen molar-refractivity contribution in [1.29, 1.82) is 0 Å². The number of hydrogen-bond donors (Lipinski definition) is 2. The number of thioether (sulfide) groups is 1. The van der Waals surface area contributed by atoms with Gasteiger partial charge in [-0.1, -0.05) is 29.4 Å². The van der Waals surface area contributed by atoms with E-state index in [9.17, 15) is 9.59 Å². The van der Waals surface area contributed by atoms with E-state index in [1.54, 1.807) is 35.2 Å². The number of aromatic nitrogens is 3. The van der Waals surface area contributed by atoms with Crippen LogP contribution in [0.1, 0.15) is 29.6 Å². The normalized spacial score (nSPS) is 13.7. The number of amides is 2. The third kappa shape index (κ3) is 5.23. The molecule has 1 aliphatic heterocycles. The van der Waals surface area contributed by atoms with Crippen molar-refractivity contribution in [3.63, 3.8) is 0 Å². The Labute approximate surface area is 195 Å². The van der Waals surface area contributed by atoms with Crippen LogP contribution >= 0.6 is 23.4 Å². The number of piperidine rings is 1. The number of primary amides is 1. The molecule has 0 bridgehead atoms. The van der Waals surface area contributed by atoms with Crippen LogP contribution in [-0.2, 0) is 4.79 Å². The number of benzene rings is 2. The van der Waals surface area contributed by atoms with Crippen LogP contribution in [0.15, 0.2) is 53.9 Å². The predicted octanol–water partition coefficient (Wildman–Crippen LogP) is 3.74. The van der Waals surface area contributed by atoms with E-state index in [-0.39, 0.29) is 11.7 Å². The van der Waals surface area contributed by atoms with Crippen molar-refractivity contribution >= 4 is 46.6 Å². The molecule has 0 unspecified atom stereocenters.